The largest absolute Gasteiger partial charge is 1.00 e. The molecule has 0 aliphatic rings. The van der Waals surface area contributed by atoms with E-state index in [-0.39, 0.29) is 29.6 Å². The fraction of sp³-hybridized carbons (Fsp3) is 1.00. The Kier molecular flexibility index (Phi) is 10.1. The van der Waals surface area contributed by atoms with Crippen LogP contribution in [-0.4, -0.2) is 23.7 Å². The minimum absolute atomic E-state index is 0. The average Bonchev–Trinajstić information content (AvgIpc) is 1.82. The van der Waals surface area contributed by atoms with E-state index in [1.165, 1.54) is 12.8 Å². The van der Waals surface area contributed by atoms with Gasteiger partial charge < -0.3 is 0 Å². The van der Waals surface area contributed by atoms with Crippen LogP contribution in [-0.2, 0) is 0 Å². The van der Waals surface area contributed by atoms with E-state index in [1.807, 2.05) is 0 Å². The van der Waals surface area contributed by atoms with Gasteiger partial charge in [-0.05, 0) is 0 Å². The molecule has 0 saturated heterocycles. The van der Waals surface area contributed by atoms with Gasteiger partial charge in [-0.3, -0.25) is 8.55 Å². The van der Waals surface area contributed by atoms with Crippen LogP contribution in [0.2, 0.25) is 38.3 Å². The molecule has 0 atom stereocenters. The van der Waals surface area contributed by atoms with Gasteiger partial charge in [0.15, 0.2) is 0 Å². The summed E-state index contributed by atoms with van der Waals surface area (Å²) < 4.78 is 0. The predicted molar refractivity (Wildman–Crippen MR) is 72.3 cm³/mol. The fourth-order valence-corrected chi connectivity index (χ4v) is 38.1. The second kappa shape index (κ2) is 7.85. The third kappa shape index (κ3) is 8.92. The van der Waals surface area contributed by atoms with E-state index in [0.717, 1.165) is 8.55 Å². The molecule has 0 aliphatic carbocycles. The van der Waals surface area contributed by atoms with Crippen LogP contribution in [0.4, 0.5) is 0 Å². The molecule has 0 fully saturated rings. The number of hydrogen-bond acceptors (Lipinski definition) is 0. The molecule has 80 valence electrons. The van der Waals surface area contributed by atoms with Crippen LogP contribution >= 0.6 is 0 Å². The van der Waals surface area contributed by atoms with Gasteiger partial charge in [0.1, 0.15) is 0 Å². The van der Waals surface area contributed by atoms with Gasteiger partial charge >= 0.3 is 29.6 Å². The van der Waals surface area contributed by atoms with E-state index in [1.54, 1.807) is 12.1 Å². The van der Waals surface area contributed by atoms with Gasteiger partial charge in [0, 0.05) is 0 Å². The Balaban J connectivity index is 0. The molecule has 0 aliphatic heterocycles. The van der Waals surface area contributed by atoms with Crippen molar-refractivity contribution in [2.24, 2.45) is 0 Å². The molecule has 0 heterocycles. The van der Waals surface area contributed by atoms with Crippen molar-refractivity contribution in [3.05, 3.63) is 0 Å². The normalized spacial score (nSPS) is 12.4. The zero-order chi connectivity index (χ0) is 10.5. The van der Waals surface area contributed by atoms with Crippen LogP contribution in [0.15, 0.2) is 0 Å². The molecule has 14 heavy (non-hydrogen) atoms. The third-order valence-corrected chi connectivity index (χ3v) is 28.2. The summed E-state index contributed by atoms with van der Waals surface area (Å²) in [6, 6.07) is 3.14. The molecule has 4 heteroatoms. The van der Waals surface area contributed by atoms with Gasteiger partial charge in [0.25, 0.3) is 0 Å². The predicted octanol–water partition coefficient (Wildman–Crippen LogP) is 0.657. The first-order valence-electron chi connectivity index (χ1n) is 5.70. The van der Waals surface area contributed by atoms with E-state index < -0.39 is 15.2 Å². The van der Waals surface area contributed by atoms with E-state index in [4.69, 9.17) is 0 Å². The van der Waals surface area contributed by atoms with Gasteiger partial charge in [-0.1, -0.05) is 65.0 Å². The minimum Gasteiger partial charge on any atom is -0.272 e. The van der Waals surface area contributed by atoms with Crippen molar-refractivity contribution >= 4 is 23.7 Å². The van der Waals surface area contributed by atoms with Crippen LogP contribution in [0.25, 0.3) is 0 Å². The molecule has 0 unspecified atom stereocenters. The molecule has 0 N–H and O–H groups in total. The van der Waals surface area contributed by atoms with Gasteiger partial charge in [0.2, 0.25) is 0 Å². The van der Waals surface area contributed by atoms with Crippen molar-refractivity contribution in [1.82, 2.24) is 0 Å². The summed E-state index contributed by atoms with van der Waals surface area (Å²) >= 11 is 0. The second-order valence-corrected chi connectivity index (χ2v) is 27.7. The van der Waals surface area contributed by atoms with E-state index >= 15 is 0 Å². The van der Waals surface area contributed by atoms with Crippen molar-refractivity contribution in [2.45, 2.75) is 65.0 Å². The number of hydrogen-bond donors (Lipinski definition) is 0. The van der Waals surface area contributed by atoms with Crippen molar-refractivity contribution in [1.29, 1.82) is 0 Å². The SMILES string of the molecule is CCC[Si](C)(C)[SiH-][Si](C)(C)CCC.[Na+]. The summed E-state index contributed by atoms with van der Waals surface area (Å²) in [6.45, 7) is 15.2. The Hall–Kier alpha value is 1.65. The van der Waals surface area contributed by atoms with Gasteiger partial charge in [-0.25, -0.2) is 0 Å². The average molecular weight is 255 g/mol. The topological polar surface area (TPSA) is 0 Å². The Labute approximate surface area is 117 Å². The standard InChI is InChI=1S/C10H27Si3.Na/c1-7-9-12(3,4)11-13(5,6)10-8-2;/h11H,7-10H2,1-6H3;/q-1;+1. The van der Waals surface area contributed by atoms with Crippen molar-refractivity contribution < 1.29 is 29.6 Å². The number of rotatable bonds is 6. The molecule has 0 rings (SSSR count). The van der Waals surface area contributed by atoms with Crippen molar-refractivity contribution in [3.63, 3.8) is 0 Å². The van der Waals surface area contributed by atoms with Gasteiger partial charge in [0.05, 0.1) is 0 Å². The maximum atomic E-state index is 2.62. The minimum atomic E-state index is -0.731. The van der Waals surface area contributed by atoms with E-state index in [2.05, 4.69) is 40.0 Å². The smallest absolute Gasteiger partial charge is 0.272 e. The van der Waals surface area contributed by atoms with Crippen LogP contribution in [0.1, 0.15) is 26.7 Å². The van der Waals surface area contributed by atoms with E-state index in [0.29, 0.717) is 0 Å². The Morgan fingerprint density at radius 3 is 1.29 bits per heavy atom. The Morgan fingerprint density at radius 1 is 0.786 bits per heavy atom. The molecular formula is C10H27NaSi3. The molecule has 0 saturated carbocycles. The third-order valence-electron chi connectivity index (χ3n) is 2.57. The van der Waals surface area contributed by atoms with Gasteiger partial charge in [-0.15, -0.1) is 15.2 Å². The van der Waals surface area contributed by atoms with Crippen LogP contribution in [0.5, 0.6) is 0 Å². The quantitative estimate of drug-likeness (QED) is 0.611. The summed E-state index contributed by atoms with van der Waals surface area (Å²) in [5.41, 5.74) is 0. The second-order valence-electron chi connectivity index (χ2n) is 5.62. The van der Waals surface area contributed by atoms with Crippen molar-refractivity contribution in [2.75, 3.05) is 0 Å². The van der Waals surface area contributed by atoms with Crippen molar-refractivity contribution in [3.8, 4) is 0 Å². The molecule has 0 aromatic heterocycles. The Bertz CT molecular complexity index is 130. The maximum absolute atomic E-state index is 2.62. The molecule has 0 spiro atoms. The summed E-state index contributed by atoms with van der Waals surface area (Å²) in [6.07, 6.45) is 2.84. The maximum Gasteiger partial charge on any atom is 1.00 e. The molecular weight excluding hydrogens is 227 g/mol. The summed E-state index contributed by atoms with van der Waals surface area (Å²) in [7, 11) is -0.612. The van der Waals surface area contributed by atoms with Gasteiger partial charge in [-0.2, -0.15) is 0 Å². The monoisotopic (exact) mass is 254 g/mol. The van der Waals surface area contributed by atoms with Crippen LogP contribution in [0.3, 0.4) is 0 Å². The molecule has 0 amide bonds. The first kappa shape index (κ1) is 18.0. The summed E-state index contributed by atoms with van der Waals surface area (Å²) in [5.74, 6) is 0. The molecule has 0 nitrogen and oxygen atoms in total. The summed E-state index contributed by atoms with van der Waals surface area (Å²) in [5, 5.41) is 0. The van der Waals surface area contributed by atoms with E-state index in [9.17, 15) is 0 Å². The fourth-order valence-electron chi connectivity index (χ4n) is 2.49. The Morgan fingerprint density at radius 2 is 1.07 bits per heavy atom. The zero-order valence-corrected chi connectivity index (χ0v) is 16.6. The van der Waals surface area contributed by atoms with Crippen LogP contribution < -0.4 is 29.6 Å². The van der Waals surface area contributed by atoms with Crippen LogP contribution in [0, 0.1) is 0 Å². The molecule has 0 aromatic carbocycles. The molecule has 0 radical (unpaired) electrons. The zero-order valence-electron chi connectivity index (χ0n) is 11.4. The molecule has 0 aromatic rings. The first-order chi connectivity index (χ1) is 5.83. The first-order valence-corrected chi connectivity index (χ1v) is 15.7. The molecule has 0 bridgehead atoms. The summed E-state index contributed by atoms with van der Waals surface area (Å²) in [4.78, 5) is 0.